The van der Waals surface area contributed by atoms with E-state index in [0.29, 0.717) is 18.6 Å². The molecule has 1 unspecified atom stereocenters. The van der Waals surface area contributed by atoms with Crippen molar-refractivity contribution in [1.29, 1.82) is 0 Å². The Bertz CT molecular complexity index is 1170. The van der Waals surface area contributed by atoms with Crippen molar-refractivity contribution in [1.82, 2.24) is 19.7 Å². The molecule has 0 bridgehead atoms. The van der Waals surface area contributed by atoms with Gasteiger partial charge >= 0.3 is 124 Å². The number of likely N-dealkylation sites (tertiary alicyclic amines) is 1. The second kappa shape index (κ2) is 24.2. The first-order chi connectivity index (χ1) is 21.6. The summed E-state index contributed by atoms with van der Waals surface area (Å²) in [6, 6.07) is 8.70. The van der Waals surface area contributed by atoms with Gasteiger partial charge in [-0.25, -0.2) is 4.79 Å². The van der Waals surface area contributed by atoms with Crippen LogP contribution in [0.5, 0.6) is 0 Å². The number of nitrogens with zero attached hydrogens (tertiary/aromatic N) is 3. The number of nitrogen functional groups attached to an aromatic ring is 1. The topological polar surface area (TPSA) is 129 Å². The first-order valence-corrected chi connectivity index (χ1v) is 15.4. The maximum atomic E-state index is 12.8. The number of hydrogen-bond acceptors (Lipinski definition) is 7. The average molecular weight is 622 g/mol. The van der Waals surface area contributed by atoms with Gasteiger partial charge in [-0.15, -0.1) is 12.8 Å². The molecule has 0 radical (unpaired) electrons. The van der Waals surface area contributed by atoms with Crippen molar-refractivity contribution in [2.75, 3.05) is 32.0 Å². The van der Waals surface area contributed by atoms with Crippen LogP contribution in [0.4, 0.5) is 10.5 Å². The van der Waals surface area contributed by atoms with Crippen LogP contribution in [-0.4, -0.2) is 77.6 Å². The molecule has 10 nitrogen and oxygen atoms in total. The number of benzene rings is 1. The van der Waals surface area contributed by atoms with Crippen LogP contribution in [0, 0.1) is 12.8 Å². The molecule has 1 aliphatic rings. The third-order valence-electron chi connectivity index (χ3n) is 5.90. The number of ether oxygens (including phenoxy) is 2. The van der Waals surface area contributed by atoms with Gasteiger partial charge in [0, 0.05) is 0 Å². The predicted octanol–water partition coefficient (Wildman–Crippen LogP) is 5.30. The van der Waals surface area contributed by atoms with Gasteiger partial charge in [0.2, 0.25) is 0 Å². The summed E-state index contributed by atoms with van der Waals surface area (Å²) in [6.07, 6.45) is 21.6. The van der Waals surface area contributed by atoms with Crippen molar-refractivity contribution in [2.24, 2.45) is 0 Å². The average Bonchev–Trinajstić information content (AvgIpc) is 3.72. The van der Waals surface area contributed by atoms with E-state index in [-0.39, 0.29) is 18.6 Å². The normalized spacial score (nSPS) is 13.6. The number of aromatic nitrogens is 2. The van der Waals surface area contributed by atoms with Crippen LogP contribution < -0.4 is 11.1 Å². The number of alkyl carbamates (subject to hydrolysis) is 1. The molecule has 2 amide bonds. The number of carbonyl (C=O) groups is 3. The van der Waals surface area contributed by atoms with Crippen LogP contribution in [0.1, 0.15) is 78.8 Å². The maximum absolute atomic E-state index is 12.8. The van der Waals surface area contributed by atoms with Crippen LogP contribution in [0.15, 0.2) is 61.0 Å². The first kappa shape index (κ1) is 40.8. The molecule has 1 aromatic heterocycles. The first-order valence-electron chi connectivity index (χ1n) is 15.4. The zero-order valence-corrected chi connectivity index (χ0v) is 27.9. The van der Waals surface area contributed by atoms with Gasteiger partial charge < -0.3 is 19.6 Å². The Morgan fingerprint density at radius 3 is 2.27 bits per heavy atom. The molecule has 3 rings (SSSR count). The Morgan fingerprint density at radius 2 is 1.73 bits per heavy atom. The number of amides is 2. The number of terminal acetylenes is 1. The Hall–Kier alpha value is -4.17. The molecule has 1 saturated heterocycles. The van der Waals surface area contributed by atoms with E-state index in [0.717, 1.165) is 44.3 Å². The quantitative estimate of drug-likeness (QED) is 0.143. The number of anilines is 1. The summed E-state index contributed by atoms with van der Waals surface area (Å²) < 4.78 is 12.2. The van der Waals surface area contributed by atoms with Crippen molar-refractivity contribution >= 4 is 31.1 Å². The monoisotopic (exact) mass is 621 g/mol. The summed E-state index contributed by atoms with van der Waals surface area (Å²) >= 11 is 0. The zero-order chi connectivity index (χ0) is 34.1. The molecule has 45 heavy (non-hydrogen) atoms. The van der Waals surface area contributed by atoms with Gasteiger partial charge in [-0.05, 0) is 33.6 Å². The van der Waals surface area contributed by atoms with E-state index in [2.05, 4.69) is 36.1 Å². The van der Waals surface area contributed by atoms with Gasteiger partial charge in [-0.3, -0.25) is 0 Å². The molecule has 2 heterocycles. The molecular formula is C34H52BN5O5. The van der Waals surface area contributed by atoms with Gasteiger partial charge in [-0.2, -0.15) is 0 Å². The molecule has 2 atom stereocenters. The van der Waals surface area contributed by atoms with Crippen molar-refractivity contribution in [2.45, 2.75) is 84.9 Å². The molecule has 11 heteroatoms. The van der Waals surface area contributed by atoms with E-state index in [4.69, 9.17) is 15.2 Å². The Balaban J connectivity index is 0.000000774. The molecule has 3 N–H and O–H groups in total. The molecule has 246 valence electrons. The number of nitrogens with one attached hydrogen (secondary N) is 1. The van der Waals surface area contributed by atoms with Gasteiger partial charge in [0.25, 0.3) is 0 Å². The van der Waals surface area contributed by atoms with E-state index in [1.165, 1.54) is 0 Å². The predicted molar refractivity (Wildman–Crippen MR) is 183 cm³/mol. The summed E-state index contributed by atoms with van der Waals surface area (Å²) in [5.41, 5.74) is 6.49. The summed E-state index contributed by atoms with van der Waals surface area (Å²) in [5.74, 6) is 0.117. The molecule has 1 fully saturated rings. The SMILES string of the molecule is C#C.CC.CC/C=C\C=C/CCOC[C@H](C=O)NC(=O)OC(C)(C)C.Nc1bn(C(C(=O)N2CCCC2)c2ccccc2)cn1. The van der Waals surface area contributed by atoms with Crippen LogP contribution in [-0.2, 0) is 19.1 Å². The summed E-state index contributed by atoms with van der Waals surface area (Å²) in [4.78, 5) is 41.1. The molecule has 1 aromatic carbocycles. The molecule has 2 aromatic rings. The number of rotatable bonds is 12. The number of aldehydes is 1. The number of allylic oxidation sites excluding steroid dienone is 3. The Labute approximate surface area is 270 Å². The third-order valence-corrected chi connectivity index (χ3v) is 5.90. The molecule has 0 aliphatic carbocycles. The minimum atomic E-state index is -0.691. The van der Waals surface area contributed by atoms with Crippen LogP contribution in [0.3, 0.4) is 0 Å². The summed E-state index contributed by atoms with van der Waals surface area (Å²) in [7, 11) is 1.71. The molecule has 0 spiro atoms. The van der Waals surface area contributed by atoms with Gasteiger partial charge in [-0.1, -0.05) is 45.1 Å². The van der Waals surface area contributed by atoms with Crippen molar-refractivity contribution < 1.29 is 23.9 Å². The van der Waals surface area contributed by atoms with E-state index in [9.17, 15) is 14.4 Å². The van der Waals surface area contributed by atoms with Gasteiger partial charge in [0.15, 0.2) is 0 Å². The second-order valence-corrected chi connectivity index (χ2v) is 10.6. The fourth-order valence-electron chi connectivity index (χ4n) is 4.01. The van der Waals surface area contributed by atoms with E-state index in [1.54, 1.807) is 38.6 Å². The van der Waals surface area contributed by atoms with Crippen LogP contribution in [0.25, 0.3) is 0 Å². The molecule has 1 aliphatic heterocycles. The molecular weight excluding hydrogens is 569 g/mol. The van der Waals surface area contributed by atoms with Crippen molar-refractivity contribution in [3.05, 3.63) is 66.5 Å². The summed E-state index contributed by atoms with van der Waals surface area (Å²) in [6.45, 7) is 13.7. The van der Waals surface area contributed by atoms with E-state index in [1.807, 2.05) is 67.3 Å². The van der Waals surface area contributed by atoms with Crippen molar-refractivity contribution in [3.8, 4) is 12.8 Å². The standard InChI is InChI=1S/C16H27NO4.C14H17BN4O.C2H6.C2H2/c1-5-6-7-8-9-10-11-20-13-14(12-18)17-15(19)21-16(2,3)4;16-14-15-19(10-17-14)12(11-6-2-1-3-7-11)13(20)18-8-4-5-9-18;2*1-2/h6-9,12,14H,5,10-11,13H2,1-4H3,(H,17,19);1-3,6-7,10,12H,4-5,8-9,16H2;1-2H3;1-2H/b7-6-,9-8-;;;/t14-;;;/m0.../s1. The van der Waals surface area contributed by atoms with E-state index >= 15 is 0 Å². The Kier molecular flexibility index (Phi) is 22.0. The number of nitrogens with two attached hydrogens (primary N) is 1. The van der Waals surface area contributed by atoms with Gasteiger partial charge in [0.1, 0.15) is 17.9 Å². The van der Waals surface area contributed by atoms with E-state index < -0.39 is 17.7 Å². The summed E-state index contributed by atoms with van der Waals surface area (Å²) in [5, 5.41) is 2.46. The van der Waals surface area contributed by atoms with Crippen molar-refractivity contribution in [3.63, 3.8) is 0 Å². The minimum absolute atomic E-state index is 0.117. The fraction of sp³-hybridized carbons (Fsp3) is 0.500. The van der Waals surface area contributed by atoms with Crippen LogP contribution >= 0.6 is 0 Å². The van der Waals surface area contributed by atoms with Crippen LogP contribution in [0.2, 0.25) is 0 Å². The Morgan fingerprint density at radius 1 is 1.11 bits per heavy atom. The second-order valence-electron chi connectivity index (χ2n) is 10.6. The zero-order valence-electron chi connectivity index (χ0n) is 27.9. The number of carbonyl (C=O) groups excluding carboxylic acids is 3. The third kappa shape index (κ3) is 17.7. The van der Waals surface area contributed by atoms with Gasteiger partial charge in [0.05, 0.1) is 13.2 Å². The fourth-order valence-corrected chi connectivity index (χ4v) is 4.01. The molecule has 0 saturated carbocycles. The number of hydrogen-bond donors (Lipinski definition) is 2.